The van der Waals surface area contributed by atoms with E-state index in [1.54, 1.807) is 6.92 Å². The van der Waals surface area contributed by atoms with Crippen molar-refractivity contribution in [3.63, 3.8) is 0 Å². The van der Waals surface area contributed by atoms with Crippen LogP contribution in [-0.4, -0.2) is 57.2 Å². The molecule has 1 spiro atoms. The molecule has 6 heteroatoms. The van der Waals surface area contributed by atoms with Crippen molar-refractivity contribution in [3.8, 4) is 0 Å². The van der Waals surface area contributed by atoms with E-state index in [4.69, 9.17) is 11.6 Å². The maximum atomic E-state index is 12.8. The van der Waals surface area contributed by atoms with Crippen LogP contribution in [0.5, 0.6) is 0 Å². The first kappa shape index (κ1) is 18.4. The summed E-state index contributed by atoms with van der Waals surface area (Å²) in [5, 5.41) is -0.459. The van der Waals surface area contributed by atoms with E-state index in [1.165, 1.54) is 25.7 Å². The van der Waals surface area contributed by atoms with E-state index < -0.39 is 5.38 Å². The summed E-state index contributed by atoms with van der Waals surface area (Å²) in [5.41, 5.74) is 0. The average Bonchev–Trinajstić information content (AvgIpc) is 3.23. The SMILES string of the molecule is C[C@H](Cl)C(=O)N1CCC2(CC1)SCCN2C(=O)CCC1CCCC1. The summed E-state index contributed by atoms with van der Waals surface area (Å²) < 4.78 is 0. The maximum absolute atomic E-state index is 12.8. The Hall–Kier alpha value is -0.420. The number of halogens is 1. The van der Waals surface area contributed by atoms with E-state index in [0.717, 1.165) is 50.6 Å². The minimum atomic E-state index is -0.459. The Kier molecular flexibility index (Phi) is 6.02. The van der Waals surface area contributed by atoms with Gasteiger partial charge in [-0.2, -0.15) is 0 Å². The van der Waals surface area contributed by atoms with E-state index in [-0.39, 0.29) is 10.8 Å². The van der Waals surface area contributed by atoms with Gasteiger partial charge in [0.2, 0.25) is 11.8 Å². The molecule has 2 saturated heterocycles. The zero-order valence-electron chi connectivity index (χ0n) is 14.6. The van der Waals surface area contributed by atoms with Crippen LogP contribution in [0, 0.1) is 5.92 Å². The smallest absolute Gasteiger partial charge is 0.240 e. The molecule has 24 heavy (non-hydrogen) atoms. The van der Waals surface area contributed by atoms with Crippen LogP contribution in [0.3, 0.4) is 0 Å². The Morgan fingerprint density at radius 1 is 1.21 bits per heavy atom. The Balaban J connectivity index is 1.55. The van der Waals surface area contributed by atoms with Gasteiger partial charge in [-0.3, -0.25) is 9.59 Å². The normalized spacial score (nSPS) is 25.4. The zero-order valence-corrected chi connectivity index (χ0v) is 16.2. The van der Waals surface area contributed by atoms with Gasteiger partial charge in [0.05, 0.1) is 4.87 Å². The van der Waals surface area contributed by atoms with Crippen molar-refractivity contribution in [1.82, 2.24) is 9.80 Å². The Bertz CT molecular complexity index is 472. The highest BCUT2D eigenvalue weighted by molar-refractivity contribution is 8.00. The van der Waals surface area contributed by atoms with E-state index in [1.807, 2.05) is 16.7 Å². The molecule has 2 aliphatic heterocycles. The molecule has 3 fully saturated rings. The van der Waals surface area contributed by atoms with Gasteiger partial charge in [0, 0.05) is 31.8 Å². The molecule has 0 aromatic carbocycles. The third-order valence-corrected chi connectivity index (χ3v) is 7.66. The van der Waals surface area contributed by atoms with Crippen molar-refractivity contribution in [2.24, 2.45) is 5.92 Å². The molecule has 0 aromatic rings. The number of amides is 2. The fourth-order valence-electron chi connectivity index (χ4n) is 4.46. The lowest BCUT2D eigenvalue weighted by molar-refractivity contribution is -0.137. The van der Waals surface area contributed by atoms with E-state index in [9.17, 15) is 9.59 Å². The van der Waals surface area contributed by atoms with Crippen LogP contribution in [0.1, 0.15) is 58.3 Å². The topological polar surface area (TPSA) is 40.6 Å². The van der Waals surface area contributed by atoms with E-state index in [0.29, 0.717) is 12.3 Å². The lowest BCUT2D eigenvalue weighted by Gasteiger charge is -2.44. The molecule has 3 aliphatic rings. The molecular formula is C18H29ClN2O2S. The Morgan fingerprint density at radius 3 is 2.50 bits per heavy atom. The molecule has 0 bridgehead atoms. The number of hydrogen-bond donors (Lipinski definition) is 0. The number of thioether (sulfide) groups is 1. The van der Waals surface area contributed by atoms with Crippen LogP contribution in [0.15, 0.2) is 0 Å². The second-order valence-electron chi connectivity index (χ2n) is 7.47. The van der Waals surface area contributed by atoms with Crippen molar-refractivity contribution in [3.05, 3.63) is 0 Å². The molecule has 2 amide bonds. The summed E-state index contributed by atoms with van der Waals surface area (Å²) in [6, 6.07) is 0. The van der Waals surface area contributed by atoms with Gasteiger partial charge in [-0.25, -0.2) is 0 Å². The molecular weight excluding hydrogens is 344 g/mol. The summed E-state index contributed by atoms with van der Waals surface area (Å²) >= 11 is 7.85. The van der Waals surface area contributed by atoms with Gasteiger partial charge < -0.3 is 9.80 Å². The van der Waals surface area contributed by atoms with Crippen LogP contribution >= 0.6 is 23.4 Å². The van der Waals surface area contributed by atoms with Gasteiger partial charge in [-0.15, -0.1) is 23.4 Å². The molecule has 0 unspecified atom stereocenters. The number of likely N-dealkylation sites (tertiary alicyclic amines) is 1. The second kappa shape index (κ2) is 7.86. The average molecular weight is 373 g/mol. The number of hydrogen-bond acceptors (Lipinski definition) is 3. The van der Waals surface area contributed by atoms with E-state index >= 15 is 0 Å². The number of alkyl halides is 1. The number of carbonyl (C=O) groups excluding carboxylic acids is 2. The molecule has 1 atom stereocenters. The molecule has 4 nitrogen and oxygen atoms in total. The summed E-state index contributed by atoms with van der Waals surface area (Å²) in [5.74, 6) is 2.14. The van der Waals surface area contributed by atoms with Gasteiger partial charge in [-0.1, -0.05) is 25.7 Å². The summed E-state index contributed by atoms with van der Waals surface area (Å²) in [6.07, 6.45) is 8.81. The molecule has 2 heterocycles. The predicted molar refractivity (Wildman–Crippen MR) is 99.2 cm³/mol. The third kappa shape index (κ3) is 3.87. The lowest BCUT2D eigenvalue weighted by Crippen LogP contribution is -2.54. The number of piperidine rings is 1. The van der Waals surface area contributed by atoms with Crippen LogP contribution in [0.25, 0.3) is 0 Å². The number of carbonyl (C=O) groups is 2. The van der Waals surface area contributed by atoms with Crippen molar-refractivity contribution in [2.45, 2.75) is 68.5 Å². The molecule has 136 valence electrons. The Labute approximate surface area is 154 Å². The first-order chi connectivity index (χ1) is 11.5. The largest absolute Gasteiger partial charge is 0.341 e. The fraction of sp³-hybridized carbons (Fsp3) is 0.889. The number of nitrogens with zero attached hydrogens (tertiary/aromatic N) is 2. The molecule has 0 radical (unpaired) electrons. The minimum absolute atomic E-state index is 0.0219. The predicted octanol–water partition coefficient (Wildman–Crippen LogP) is 3.48. The molecule has 0 aromatic heterocycles. The standard InChI is InChI=1S/C18H29ClN2O2S/c1-14(19)17(23)20-10-8-18(9-11-20)21(12-13-24-18)16(22)7-6-15-4-2-3-5-15/h14-15H,2-13H2,1H3/t14-/m0/s1. The van der Waals surface area contributed by atoms with Gasteiger partial charge >= 0.3 is 0 Å². The molecule has 1 saturated carbocycles. The van der Waals surface area contributed by atoms with Crippen LogP contribution in [0.2, 0.25) is 0 Å². The highest BCUT2D eigenvalue weighted by atomic mass is 35.5. The first-order valence-electron chi connectivity index (χ1n) is 9.39. The molecule has 3 rings (SSSR count). The van der Waals surface area contributed by atoms with Gasteiger partial charge in [-0.05, 0) is 32.1 Å². The molecule has 0 N–H and O–H groups in total. The quantitative estimate of drug-likeness (QED) is 0.709. The highest BCUT2D eigenvalue weighted by Crippen LogP contribution is 2.44. The Morgan fingerprint density at radius 2 is 1.88 bits per heavy atom. The van der Waals surface area contributed by atoms with Crippen molar-refractivity contribution >= 4 is 35.2 Å². The van der Waals surface area contributed by atoms with Crippen molar-refractivity contribution < 1.29 is 9.59 Å². The third-order valence-electron chi connectivity index (χ3n) is 5.92. The van der Waals surface area contributed by atoms with Gasteiger partial charge in [0.25, 0.3) is 0 Å². The van der Waals surface area contributed by atoms with Gasteiger partial charge in [0.15, 0.2) is 0 Å². The maximum Gasteiger partial charge on any atom is 0.240 e. The molecule has 1 aliphatic carbocycles. The van der Waals surface area contributed by atoms with Crippen LogP contribution in [0.4, 0.5) is 0 Å². The first-order valence-corrected chi connectivity index (χ1v) is 10.8. The second-order valence-corrected chi connectivity index (χ2v) is 9.58. The van der Waals surface area contributed by atoms with Crippen LogP contribution < -0.4 is 0 Å². The lowest BCUT2D eigenvalue weighted by atomic mass is 9.98. The highest BCUT2D eigenvalue weighted by Gasteiger charge is 2.46. The monoisotopic (exact) mass is 372 g/mol. The minimum Gasteiger partial charge on any atom is -0.341 e. The van der Waals surface area contributed by atoms with E-state index in [2.05, 4.69) is 4.90 Å². The number of rotatable bonds is 4. The van der Waals surface area contributed by atoms with Crippen molar-refractivity contribution in [1.29, 1.82) is 0 Å². The summed E-state index contributed by atoms with van der Waals surface area (Å²) in [7, 11) is 0. The summed E-state index contributed by atoms with van der Waals surface area (Å²) in [4.78, 5) is 28.8. The summed E-state index contributed by atoms with van der Waals surface area (Å²) in [6.45, 7) is 4.04. The van der Waals surface area contributed by atoms with Crippen molar-refractivity contribution in [2.75, 3.05) is 25.4 Å². The van der Waals surface area contributed by atoms with Crippen LogP contribution in [-0.2, 0) is 9.59 Å². The zero-order chi connectivity index (χ0) is 17.2. The van der Waals surface area contributed by atoms with Gasteiger partial charge in [0.1, 0.15) is 5.38 Å². The fourth-order valence-corrected chi connectivity index (χ4v) is 6.08.